The van der Waals surface area contributed by atoms with Crippen LogP contribution >= 0.6 is 12.2 Å². The van der Waals surface area contributed by atoms with Crippen LogP contribution in [0.25, 0.3) is 0 Å². The summed E-state index contributed by atoms with van der Waals surface area (Å²) in [6.45, 7) is 3.00. The van der Waals surface area contributed by atoms with Crippen LogP contribution in [0.1, 0.15) is 18.3 Å². The van der Waals surface area contributed by atoms with Gasteiger partial charge in [-0.05, 0) is 19.1 Å². The second kappa shape index (κ2) is 3.84. The van der Waals surface area contributed by atoms with Gasteiger partial charge in [0.15, 0.2) is 0 Å². The van der Waals surface area contributed by atoms with Gasteiger partial charge in [-0.2, -0.15) is 0 Å². The van der Waals surface area contributed by atoms with Crippen LogP contribution in [0.4, 0.5) is 0 Å². The number of nitrogens with two attached hydrogens (primary N) is 1. The highest BCUT2D eigenvalue weighted by Gasteiger charge is 2.34. The number of nitrogens with zero attached hydrogens (tertiary/aromatic N) is 1. The van der Waals surface area contributed by atoms with E-state index in [9.17, 15) is 0 Å². The molecule has 0 atom stereocenters. The molecular weight excluding hydrogens is 212 g/mol. The minimum atomic E-state index is -0.763. The Hall–Kier alpha value is -1.04. The Bertz CT molecular complexity index is 389. The zero-order chi connectivity index (χ0) is 10.9. The number of ether oxygens (including phenoxy) is 2. The molecule has 2 heterocycles. The van der Waals surface area contributed by atoms with Gasteiger partial charge in [-0.1, -0.05) is 18.3 Å². The second-order valence-corrected chi connectivity index (χ2v) is 3.85. The van der Waals surface area contributed by atoms with E-state index in [1.807, 2.05) is 19.1 Å². The molecule has 5 heteroatoms. The van der Waals surface area contributed by atoms with Gasteiger partial charge >= 0.3 is 0 Å². The Balaban J connectivity index is 2.36. The summed E-state index contributed by atoms with van der Waals surface area (Å²) in [4.78, 5) is 4.59. The minimum Gasteiger partial charge on any atom is -0.388 e. The SMILES string of the molecule is CC1(c2cccc(C(N)=S)n2)OCCO1. The molecule has 0 saturated carbocycles. The third-order valence-corrected chi connectivity index (χ3v) is 2.51. The molecule has 1 fully saturated rings. The quantitative estimate of drug-likeness (QED) is 0.757. The van der Waals surface area contributed by atoms with E-state index in [-0.39, 0.29) is 4.99 Å². The van der Waals surface area contributed by atoms with Crippen LogP contribution < -0.4 is 5.73 Å². The Kier molecular flexibility index (Phi) is 2.68. The van der Waals surface area contributed by atoms with Crippen molar-refractivity contribution in [3.05, 3.63) is 29.6 Å². The van der Waals surface area contributed by atoms with Crippen molar-refractivity contribution in [1.29, 1.82) is 0 Å². The van der Waals surface area contributed by atoms with Crippen molar-refractivity contribution in [3.63, 3.8) is 0 Å². The Morgan fingerprint density at radius 2 is 2.13 bits per heavy atom. The molecule has 1 aromatic rings. The van der Waals surface area contributed by atoms with Gasteiger partial charge in [-0.3, -0.25) is 0 Å². The summed E-state index contributed by atoms with van der Waals surface area (Å²) in [5.74, 6) is -0.763. The second-order valence-electron chi connectivity index (χ2n) is 3.41. The molecule has 1 aliphatic rings. The van der Waals surface area contributed by atoms with Crippen molar-refractivity contribution < 1.29 is 9.47 Å². The largest absolute Gasteiger partial charge is 0.388 e. The number of thiocarbonyl (C=S) groups is 1. The number of hydrogen-bond donors (Lipinski definition) is 1. The summed E-state index contributed by atoms with van der Waals surface area (Å²) in [6, 6.07) is 5.45. The fourth-order valence-electron chi connectivity index (χ4n) is 1.49. The molecule has 2 N–H and O–H groups in total. The lowest BCUT2D eigenvalue weighted by Crippen LogP contribution is -2.25. The molecule has 0 amide bonds. The third kappa shape index (κ3) is 1.99. The Morgan fingerprint density at radius 3 is 2.73 bits per heavy atom. The lowest BCUT2D eigenvalue weighted by atomic mass is 10.2. The molecule has 1 saturated heterocycles. The summed E-state index contributed by atoms with van der Waals surface area (Å²) in [5, 5.41) is 0. The highest BCUT2D eigenvalue weighted by Crippen LogP contribution is 2.29. The zero-order valence-corrected chi connectivity index (χ0v) is 9.21. The molecule has 0 spiro atoms. The first-order valence-corrected chi connectivity index (χ1v) is 5.08. The van der Waals surface area contributed by atoms with E-state index >= 15 is 0 Å². The highest BCUT2D eigenvalue weighted by molar-refractivity contribution is 7.80. The molecule has 0 aromatic carbocycles. The first-order chi connectivity index (χ1) is 7.12. The normalized spacial score (nSPS) is 19.0. The van der Waals surface area contributed by atoms with Gasteiger partial charge in [0, 0.05) is 0 Å². The van der Waals surface area contributed by atoms with E-state index in [0.29, 0.717) is 24.6 Å². The molecule has 0 aliphatic carbocycles. The van der Waals surface area contributed by atoms with Crippen LogP contribution in [0.5, 0.6) is 0 Å². The van der Waals surface area contributed by atoms with Gasteiger partial charge in [0.05, 0.1) is 24.6 Å². The van der Waals surface area contributed by atoms with E-state index in [1.165, 1.54) is 0 Å². The van der Waals surface area contributed by atoms with Crippen LogP contribution in [0.2, 0.25) is 0 Å². The predicted molar refractivity (Wildman–Crippen MR) is 59.4 cm³/mol. The van der Waals surface area contributed by atoms with Gasteiger partial charge in [0.1, 0.15) is 4.99 Å². The lowest BCUT2D eigenvalue weighted by Gasteiger charge is -2.21. The van der Waals surface area contributed by atoms with E-state index in [0.717, 1.165) is 0 Å². The van der Waals surface area contributed by atoms with Crippen molar-refractivity contribution in [3.8, 4) is 0 Å². The molecule has 80 valence electrons. The van der Waals surface area contributed by atoms with Crippen LogP contribution in [0, 0.1) is 0 Å². The average molecular weight is 224 g/mol. The zero-order valence-electron chi connectivity index (χ0n) is 8.40. The molecule has 0 unspecified atom stereocenters. The highest BCUT2D eigenvalue weighted by atomic mass is 32.1. The first-order valence-electron chi connectivity index (χ1n) is 4.67. The van der Waals surface area contributed by atoms with E-state index < -0.39 is 5.79 Å². The van der Waals surface area contributed by atoms with Crippen molar-refractivity contribution in [2.24, 2.45) is 5.73 Å². The summed E-state index contributed by atoms with van der Waals surface area (Å²) in [7, 11) is 0. The smallest absolute Gasteiger partial charge is 0.209 e. The summed E-state index contributed by atoms with van der Waals surface area (Å²) in [6.07, 6.45) is 0. The van der Waals surface area contributed by atoms with Gasteiger partial charge < -0.3 is 15.2 Å². The molecule has 15 heavy (non-hydrogen) atoms. The number of hydrogen-bond acceptors (Lipinski definition) is 4. The van der Waals surface area contributed by atoms with Crippen LogP contribution in [0.15, 0.2) is 18.2 Å². The van der Waals surface area contributed by atoms with Crippen molar-refractivity contribution >= 4 is 17.2 Å². The maximum Gasteiger partial charge on any atom is 0.209 e. The summed E-state index contributed by atoms with van der Waals surface area (Å²) in [5.41, 5.74) is 6.80. The van der Waals surface area contributed by atoms with Gasteiger partial charge in [-0.15, -0.1) is 0 Å². The maximum absolute atomic E-state index is 5.51. The van der Waals surface area contributed by atoms with Crippen molar-refractivity contribution in [2.45, 2.75) is 12.7 Å². The van der Waals surface area contributed by atoms with Crippen molar-refractivity contribution in [1.82, 2.24) is 4.98 Å². The third-order valence-electron chi connectivity index (χ3n) is 2.31. The lowest BCUT2D eigenvalue weighted by molar-refractivity contribution is -0.152. The van der Waals surface area contributed by atoms with Crippen LogP contribution in [-0.2, 0) is 15.3 Å². The molecule has 1 aromatic heterocycles. The molecule has 1 aliphatic heterocycles. The van der Waals surface area contributed by atoms with Gasteiger partial charge in [0.2, 0.25) is 5.79 Å². The summed E-state index contributed by atoms with van der Waals surface area (Å²) < 4.78 is 11.0. The minimum absolute atomic E-state index is 0.276. The number of rotatable bonds is 2. The van der Waals surface area contributed by atoms with E-state index in [2.05, 4.69) is 4.98 Å². The summed E-state index contributed by atoms with van der Waals surface area (Å²) >= 11 is 4.87. The van der Waals surface area contributed by atoms with E-state index in [1.54, 1.807) is 6.07 Å². The predicted octanol–water partition coefficient (Wildman–Crippen LogP) is 0.935. The topological polar surface area (TPSA) is 57.4 Å². The van der Waals surface area contributed by atoms with Gasteiger partial charge in [0.25, 0.3) is 0 Å². The average Bonchev–Trinajstić information content (AvgIpc) is 2.67. The Labute approximate surface area is 93.4 Å². The fourth-order valence-corrected chi connectivity index (χ4v) is 1.60. The standard InChI is InChI=1S/C10H12N2O2S/c1-10(13-5-6-14-10)8-4-2-3-7(12-8)9(11)15/h2-4H,5-6H2,1H3,(H2,11,15). The molecule has 0 radical (unpaired) electrons. The molecular formula is C10H12N2O2S. The fraction of sp³-hybridized carbons (Fsp3) is 0.400. The maximum atomic E-state index is 5.51. The van der Waals surface area contributed by atoms with Crippen LogP contribution in [0.3, 0.4) is 0 Å². The monoisotopic (exact) mass is 224 g/mol. The molecule has 0 bridgehead atoms. The Morgan fingerprint density at radius 1 is 1.47 bits per heavy atom. The van der Waals surface area contributed by atoms with Gasteiger partial charge in [-0.25, -0.2) is 4.98 Å². The number of aromatic nitrogens is 1. The first kappa shape index (κ1) is 10.5. The number of pyridine rings is 1. The van der Waals surface area contributed by atoms with E-state index in [4.69, 9.17) is 27.4 Å². The molecule has 2 rings (SSSR count). The van der Waals surface area contributed by atoms with Crippen LogP contribution in [-0.4, -0.2) is 23.2 Å². The van der Waals surface area contributed by atoms with Crippen molar-refractivity contribution in [2.75, 3.05) is 13.2 Å². The molecule has 4 nitrogen and oxygen atoms in total.